The first-order chi connectivity index (χ1) is 14.4. The van der Waals surface area contributed by atoms with Gasteiger partial charge in [0.1, 0.15) is 11.6 Å². The van der Waals surface area contributed by atoms with Crippen molar-refractivity contribution in [3.63, 3.8) is 0 Å². The predicted molar refractivity (Wildman–Crippen MR) is 111 cm³/mol. The van der Waals surface area contributed by atoms with E-state index in [1.807, 2.05) is 0 Å². The van der Waals surface area contributed by atoms with E-state index in [1.54, 1.807) is 0 Å². The number of fused-ring (bicyclic) bond motifs is 1. The van der Waals surface area contributed by atoms with E-state index < -0.39 is 5.82 Å². The van der Waals surface area contributed by atoms with Crippen LogP contribution in [0.1, 0.15) is 32.1 Å². The van der Waals surface area contributed by atoms with Crippen molar-refractivity contribution in [1.29, 1.82) is 0 Å². The van der Waals surface area contributed by atoms with E-state index in [2.05, 4.69) is 16.0 Å². The Labute approximate surface area is 180 Å². The Bertz CT molecular complexity index is 817. The number of benzene rings is 1. The minimum atomic E-state index is -0.589. The molecule has 3 aliphatic carbocycles. The lowest BCUT2D eigenvalue weighted by Gasteiger charge is -2.41. The van der Waals surface area contributed by atoms with Crippen molar-refractivity contribution in [3.8, 4) is 5.75 Å². The van der Waals surface area contributed by atoms with Crippen LogP contribution in [0, 0.1) is 17.7 Å². The highest BCUT2D eigenvalue weighted by Crippen LogP contribution is 2.52. The van der Waals surface area contributed by atoms with Gasteiger partial charge in [-0.3, -0.25) is 9.59 Å². The third kappa shape index (κ3) is 4.55. The number of hydrogen-bond donors (Lipinski definition) is 4. The van der Waals surface area contributed by atoms with Gasteiger partial charge in [0, 0.05) is 17.6 Å². The third-order valence-electron chi connectivity index (χ3n) is 6.64. The van der Waals surface area contributed by atoms with Gasteiger partial charge in [0.25, 0.3) is 5.91 Å². The molecule has 2 amide bonds. The largest absolute Gasteiger partial charge is 0.484 e. The highest BCUT2D eigenvalue weighted by atomic mass is 35.5. The molecular formula is C21H28ClFN4O3. The van der Waals surface area contributed by atoms with Crippen molar-refractivity contribution in [1.82, 2.24) is 16.0 Å². The minimum Gasteiger partial charge on any atom is -0.484 e. The summed E-state index contributed by atoms with van der Waals surface area (Å²) in [5.41, 5.74) is 5.54. The first-order valence-electron chi connectivity index (χ1n) is 10.5. The van der Waals surface area contributed by atoms with Gasteiger partial charge < -0.3 is 26.4 Å². The summed E-state index contributed by atoms with van der Waals surface area (Å²) >= 11 is 5.64. The molecule has 1 saturated heterocycles. The predicted octanol–water partition coefficient (Wildman–Crippen LogP) is 1.34. The van der Waals surface area contributed by atoms with Gasteiger partial charge in [-0.2, -0.15) is 0 Å². The van der Waals surface area contributed by atoms with E-state index >= 15 is 0 Å². The first kappa shape index (κ1) is 21.3. The molecule has 1 aromatic carbocycles. The van der Waals surface area contributed by atoms with E-state index in [4.69, 9.17) is 22.1 Å². The van der Waals surface area contributed by atoms with Gasteiger partial charge in [-0.05, 0) is 69.2 Å². The third-order valence-corrected chi connectivity index (χ3v) is 6.95. The van der Waals surface area contributed by atoms with Crippen molar-refractivity contribution >= 4 is 23.4 Å². The normalized spacial score (nSPS) is 32.2. The van der Waals surface area contributed by atoms with E-state index in [9.17, 15) is 14.0 Å². The SMILES string of the molecule is NCC1CCNC(C(=O)NC23CC(C2)[C@@H](NC(=O)COc2ccc(Cl)c(F)c2)C3)C1. The Hall–Kier alpha value is -1.90. The minimum absolute atomic E-state index is 0.00634. The summed E-state index contributed by atoms with van der Waals surface area (Å²) in [5.74, 6) is 0.184. The summed E-state index contributed by atoms with van der Waals surface area (Å²) < 4.78 is 18.8. The fourth-order valence-corrected chi connectivity index (χ4v) is 5.14. The van der Waals surface area contributed by atoms with Crippen LogP contribution in [0.3, 0.4) is 0 Å². The van der Waals surface area contributed by atoms with Crippen molar-refractivity contribution in [2.75, 3.05) is 19.7 Å². The summed E-state index contributed by atoms with van der Waals surface area (Å²) in [5, 5.41) is 9.51. The van der Waals surface area contributed by atoms with E-state index in [0.29, 0.717) is 18.4 Å². The van der Waals surface area contributed by atoms with Gasteiger partial charge in [-0.25, -0.2) is 4.39 Å². The highest BCUT2D eigenvalue weighted by Gasteiger charge is 2.57. The average molecular weight is 439 g/mol. The molecule has 5 N–H and O–H groups in total. The number of ether oxygens (including phenoxy) is 1. The molecule has 3 atom stereocenters. The zero-order valence-electron chi connectivity index (χ0n) is 16.8. The van der Waals surface area contributed by atoms with Crippen LogP contribution in [0.2, 0.25) is 5.02 Å². The Morgan fingerprint density at radius 2 is 2.13 bits per heavy atom. The summed E-state index contributed by atoms with van der Waals surface area (Å²) in [6.45, 7) is 1.22. The van der Waals surface area contributed by atoms with Crippen LogP contribution in [0.25, 0.3) is 0 Å². The number of carbonyl (C=O) groups is 2. The Morgan fingerprint density at radius 3 is 2.87 bits per heavy atom. The van der Waals surface area contributed by atoms with Crippen LogP contribution in [-0.4, -0.2) is 49.1 Å². The molecule has 2 bridgehead atoms. The second kappa shape index (κ2) is 8.69. The molecule has 30 heavy (non-hydrogen) atoms. The fourth-order valence-electron chi connectivity index (χ4n) is 5.03. The van der Waals surface area contributed by atoms with E-state index in [-0.39, 0.29) is 46.8 Å². The number of rotatable bonds is 7. The molecule has 0 radical (unpaired) electrons. The molecule has 4 fully saturated rings. The summed E-state index contributed by atoms with van der Waals surface area (Å²) in [7, 11) is 0. The monoisotopic (exact) mass is 438 g/mol. The smallest absolute Gasteiger partial charge is 0.258 e. The Morgan fingerprint density at radius 1 is 1.33 bits per heavy atom. The van der Waals surface area contributed by atoms with Gasteiger partial charge in [0.05, 0.1) is 11.1 Å². The quantitative estimate of drug-likeness (QED) is 0.514. The number of nitrogens with two attached hydrogens (primary N) is 1. The highest BCUT2D eigenvalue weighted by molar-refractivity contribution is 6.30. The van der Waals surface area contributed by atoms with E-state index in [1.165, 1.54) is 12.1 Å². The van der Waals surface area contributed by atoms with E-state index in [0.717, 1.165) is 44.7 Å². The summed E-state index contributed by atoms with van der Waals surface area (Å²) in [6, 6.07) is 3.88. The van der Waals surface area contributed by atoms with Crippen LogP contribution < -0.4 is 26.4 Å². The molecule has 1 aromatic rings. The lowest BCUT2D eigenvalue weighted by molar-refractivity contribution is -0.127. The number of nitrogens with one attached hydrogen (secondary N) is 3. The fraction of sp³-hybridized carbons (Fsp3) is 0.619. The molecule has 9 heteroatoms. The van der Waals surface area contributed by atoms with Crippen LogP contribution in [0.4, 0.5) is 4.39 Å². The average Bonchev–Trinajstić information content (AvgIpc) is 3.22. The van der Waals surface area contributed by atoms with Gasteiger partial charge in [0.15, 0.2) is 6.61 Å². The molecule has 2 unspecified atom stereocenters. The number of piperidine rings is 1. The first-order valence-corrected chi connectivity index (χ1v) is 10.9. The topological polar surface area (TPSA) is 105 Å². The zero-order valence-corrected chi connectivity index (χ0v) is 17.5. The maximum atomic E-state index is 13.5. The Balaban J connectivity index is 1.23. The molecule has 5 rings (SSSR count). The van der Waals surface area contributed by atoms with Crippen molar-refractivity contribution < 1.29 is 18.7 Å². The van der Waals surface area contributed by atoms with Gasteiger partial charge >= 0.3 is 0 Å². The maximum absolute atomic E-state index is 13.5. The zero-order chi connectivity index (χ0) is 21.3. The molecule has 1 aliphatic heterocycles. The van der Waals surface area contributed by atoms with Crippen LogP contribution >= 0.6 is 11.6 Å². The molecule has 3 saturated carbocycles. The maximum Gasteiger partial charge on any atom is 0.258 e. The molecule has 0 spiro atoms. The number of halogens is 2. The summed E-state index contributed by atoms with van der Waals surface area (Å²) in [4.78, 5) is 25.0. The van der Waals surface area contributed by atoms with Crippen LogP contribution in [0.5, 0.6) is 5.75 Å². The summed E-state index contributed by atoms with van der Waals surface area (Å²) in [6.07, 6.45) is 4.24. The standard InChI is InChI=1S/C21H28ClFN4O3/c22-15-2-1-14(6-16(15)23)30-11-19(28)26-18-9-21(7-13(18)8-21)27-20(29)17-5-12(10-24)3-4-25-17/h1-2,6,12-13,17-18,25H,3-5,7-11,24H2,(H,26,28)(H,27,29)/t12?,13?,17?,18-,21?/m0/s1. The van der Waals surface area contributed by atoms with Crippen molar-refractivity contribution in [2.24, 2.45) is 17.6 Å². The number of hydrogen-bond acceptors (Lipinski definition) is 5. The molecule has 4 aliphatic rings. The van der Waals surface area contributed by atoms with Crippen LogP contribution in [-0.2, 0) is 9.59 Å². The molecule has 0 aromatic heterocycles. The molecule has 164 valence electrons. The van der Waals surface area contributed by atoms with Crippen LogP contribution in [0.15, 0.2) is 18.2 Å². The lowest BCUT2D eigenvalue weighted by Crippen LogP contribution is -2.58. The van der Waals surface area contributed by atoms with Gasteiger partial charge in [-0.1, -0.05) is 11.6 Å². The van der Waals surface area contributed by atoms with Gasteiger partial charge in [-0.15, -0.1) is 0 Å². The second-order valence-corrected chi connectivity index (χ2v) is 9.22. The molecule has 1 heterocycles. The van der Waals surface area contributed by atoms with Crippen molar-refractivity contribution in [2.45, 2.75) is 49.7 Å². The van der Waals surface area contributed by atoms with Crippen molar-refractivity contribution in [3.05, 3.63) is 29.0 Å². The van der Waals surface area contributed by atoms with Gasteiger partial charge in [0.2, 0.25) is 5.91 Å². The molecular weight excluding hydrogens is 411 g/mol. The lowest BCUT2D eigenvalue weighted by atomic mass is 9.76. The Kier molecular flexibility index (Phi) is 6.18. The number of carbonyl (C=O) groups excluding carboxylic acids is 2. The second-order valence-electron chi connectivity index (χ2n) is 8.81. The molecule has 7 nitrogen and oxygen atoms in total. The number of amides is 2.